The molecule has 1 heterocycles. The first-order valence-electron chi connectivity index (χ1n) is 6.58. The molecule has 0 amide bonds. The molecule has 1 aromatic carbocycles. The highest BCUT2D eigenvalue weighted by Crippen LogP contribution is 2.24. The van der Waals surface area contributed by atoms with Crippen molar-refractivity contribution in [2.45, 2.75) is 30.5 Å². The van der Waals surface area contributed by atoms with Crippen LogP contribution in [0.25, 0.3) is 0 Å². The molecular formula is C13H18ClF3N2O2S. The van der Waals surface area contributed by atoms with E-state index in [1.807, 2.05) is 0 Å². The van der Waals surface area contributed by atoms with Crippen molar-refractivity contribution in [3.63, 3.8) is 0 Å². The van der Waals surface area contributed by atoms with E-state index in [0.717, 1.165) is 0 Å². The van der Waals surface area contributed by atoms with Crippen molar-refractivity contribution < 1.29 is 21.6 Å². The molecule has 1 aliphatic heterocycles. The van der Waals surface area contributed by atoms with Crippen LogP contribution in [-0.4, -0.2) is 44.6 Å². The van der Waals surface area contributed by atoms with E-state index in [1.165, 1.54) is 28.6 Å². The molecule has 1 unspecified atom stereocenters. The van der Waals surface area contributed by atoms with Crippen LogP contribution in [0.4, 0.5) is 13.2 Å². The molecule has 0 spiro atoms. The van der Waals surface area contributed by atoms with Crippen LogP contribution >= 0.6 is 12.4 Å². The maximum Gasteiger partial charge on any atom is 0.393 e. The van der Waals surface area contributed by atoms with E-state index in [9.17, 15) is 21.6 Å². The lowest BCUT2D eigenvalue weighted by Crippen LogP contribution is -2.52. The molecule has 1 aromatic rings. The van der Waals surface area contributed by atoms with E-state index >= 15 is 0 Å². The zero-order valence-electron chi connectivity index (χ0n) is 11.9. The lowest BCUT2D eigenvalue weighted by Gasteiger charge is -2.32. The van der Waals surface area contributed by atoms with Gasteiger partial charge in [0.05, 0.1) is 11.3 Å². The zero-order chi connectivity index (χ0) is 15.7. The van der Waals surface area contributed by atoms with Gasteiger partial charge < -0.3 is 5.32 Å². The Bertz CT molecular complexity index is 590. The third kappa shape index (κ3) is 4.58. The Kier molecular flexibility index (Phi) is 6.26. The summed E-state index contributed by atoms with van der Waals surface area (Å²) in [5.41, 5.74) is 0.0507. The molecular weight excluding hydrogens is 341 g/mol. The van der Waals surface area contributed by atoms with E-state index < -0.39 is 22.6 Å². The summed E-state index contributed by atoms with van der Waals surface area (Å²) in [5, 5.41) is 3.09. The highest BCUT2D eigenvalue weighted by molar-refractivity contribution is 7.89. The zero-order valence-corrected chi connectivity index (χ0v) is 13.6. The standard InChI is InChI=1S/C13H17F3N2O2S.ClH/c1-10-9-17-6-7-18(10)21(19,20)12-4-2-11(3-5-12)8-13(14,15)16;/h2-5,10,17H,6-9H2,1H3;1H. The largest absolute Gasteiger partial charge is 0.393 e. The van der Waals surface area contributed by atoms with E-state index in [4.69, 9.17) is 0 Å². The summed E-state index contributed by atoms with van der Waals surface area (Å²) in [6, 6.07) is 4.73. The molecule has 1 aliphatic rings. The number of sulfonamides is 1. The molecule has 2 rings (SSSR count). The summed E-state index contributed by atoms with van der Waals surface area (Å²) in [6.07, 6.45) is -5.36. The van der Waals surface area contributed by atoms with Gasteiger partial charge in [-0.15, -0.1) is 12.4 Å². The number of nitrogens with zero attached hydrogens (tertiary/aromatic N) is 1. The normalized spacial score (nSPS) is 20.5. The summed E-state index contributed by atoms with van der Waals surface area (Å²) in [7, 11) is -3.66. The molecule has 0 aliphatic carbocycles. The fourth-order valence-electron chi connectivity index (χ4n) is 2.33. The predicted octanol–water partition coefficient (Wildman–Crippen LogP) is 2.20. The third-order valence-electron chi connectivity index (χ3n) is 3.37. The Morgan fingerprint density at radius 3 is 2.36 bits per heavy atom. The molecule has 0 saturated carbocycles. The first kappa shape index (κ1) is 19.2. The Hall–Kier alpha value is -0.830. The van der Waals surface area contributed by atoms with Crippen molar-refractivity contribution in [3.05, 3.63) is 29.8 Å². The molecule has 9 heteroatoms. The van der Waals surface area contributed by atoms with Crippen LogP contribution in [0.15, 0.2) is 29.2 Å². The molecule has 22 heavy (non-hydrogen) atoms. The number of benzene rings is 1. The van der Waals surface area contributed by atoms with Crippen LogP contribution in [0.2, 0.25) is 0 Å². The van der Waals surface area contributed by atoms with Crippen LogP contribution in [0.3, 0.4) is 0 Å². The first-order valence-corrected chi connectivity index (χ1v) is 8.02. The van der Waals surface area contributed by atoms with Crippen molar-refractivity contribution in [1.29, 1.82) is 0 Å². The molecule has 1 saturated heterocycles. The molecule has 0 radical (unpaired) electrons. The smallest absolute Gasteiger partial charge is 0.314 e. The van der Waals surface area contributed by atoms with Crippen molar-refractivity contribution >= 4 is 22.4 Å². The van der Waals surface area contributed by atoms with Gasteiger partial charge in [-0.05, 0) is 24.6 Å². The maximum atomic E-state index is 12.5. The second kappa shape index (κ2) is 7.16. The van der Waals surface area contributed by atoms with Crippen LogP contribution in [0.1, 0.15) is 12.5 Å². The van der Waals surface area contributed by atoms with Gasteiger partial charge in [-0.1, -0.05) is 12.1 Å². The Balaban J connectivity index is 0.00000242. The minimum Gasteiger partial charge on any atom is -0.314 e. The lowest BCUT2D eigenvalue weighted by atomic mass is 10.1. The van der Waals surface area contributed by atoms with Crippen LogP contribution < -0.4 is 5.32 Å². The minimum atomic E-state index is -4.30. The van der Waals surface area contributed by atoms with Crippen LogP contribution in [0, 0.1) is 0 Å². The maximum absolute atomic E-state index is 12.5. The number of hydrogen-bond acceptors (Lipinski definition) is 3. The highest BCUT2D eigenvalue weighted by Gasteiger charge is 2.31. The first-order chi connectivity index (χ1) is 9.70. The highest BCUT2D eigenvalue weighted by atomic mass is 35.5. The summed E-state index contributed by atoms with van der Waals surface area (Å²) >= 11 is 0. The quantitative estimate of drug-likeness (QED) is 0.901. The second-order valence-corrected chi connectivity index (χ2v) is 7.00. The van der Waals surface area contributed by atoms with Crippen molar-refractivity contribution in [1.82, 2.24) is 9.62 Å². The van der Waals surface area contributed by atoms with Gasteiger partial charge in [0, 0.05) is 25.7 Å². The minimum absolute atomic E-state index is 0. The fourth-order valence-corrected chi connectivity index (χ4v) is 3.96. The SMILES string of the molecule is CC1CNCCN1S(=O)(=O)c1ccc(CC(F)(F)F)cc1.Cl. The third-order valence-corrected chi connectivity index (χ3v) is 5.40. The Morgan fingerprint density at radius 2 is 1.86 bits per heavy atom. The molecule has 1 atom stereocenters. The topological polar surface area (TPSA) is 49.4 Å². The molecule has 1 fully saturated rings. The average Bonchev–Trinajstić information content (AvgIpc) is 2.37. The van der Waals surface area contributed by atoms with Gasteiger partial charge in [-0.2, -0.15) is 17.5 Å². The van der Waals surface area contributed by atoms with Gasteiger partial charge in [-0.3, -0.25) is 0 Å². The average molecular weight is 359 g/mol. The number of rotatable bonds is 3. The van der Waals surface area contributed by atoms with Gasteiger partial charge >= 0.3 is 6.18 Å². The summed E-state index contributed by atoms with van der Waals surface area (Å²) in [4.78, 5) is 0.0298. The van der Waals surface area contributed by atoms with Gasteiger partial charge in [0.2, 0.25) is 10.0 Å². The van der Waals surface area contributed by atoms with Crippen molar-refractivity contribution in [2.75, 3.05) is 19.6 Å². The molecule has 126 valence electrons. The van der Waals surface area contributed by atoms with Gasteiger partial charge in [0.15, 0.2) is 0 Å². The Labute approximate surface area is 134 Å². The number of hydrogen-bond donors (Lipinski definition) is 1. The van der Waals surface area contributed by atoms with Crippen molar-refractivity contribution in [2.24, 2.45) is 0 Å². The summed E-state index contributed by atoms with van der Waals surface area (Å²) in [5.74, 6) is 0. The molecule has 0 bridgehead atoms. The van der Waals surface area contributed by atoms with E-state index in [2.05, 4.69) is 5.32 Å². The molecule has 0 aromatic heterocycles. The van der Waals surface area contributed by atoms with E-state index in [0.29, 0.717) is 19.6 Å². The molecule has 1 N–H and O–H groups in total. The van der Waals surface area contributed by atoms with Crippen LogP contribution in [-0.2, 0) is 16.4 Å². The van der Waals surface area contributed by atoms with Crippen LogP contribution in [0.5, 0.6) is 0 Å². The summed E-state index contributed by atoms with van der Waals surface area (Å²) < 4.78 is 63.2. The second-order valence-electron chi connectivity index (χ2n) is 5.10. The van der Waals surface area contributed by atoms with Crippen molar-refractivity contribution in [3.8, 4) is 0 Å². The number of alkyl halides is 3. The number of halogens is 4. The summed E-state index contributed by atoms with van der Waals surface area (Å²) in [6.45, 7) is 3.27. The van der Waals surface area contributed by atoms with E-state index in [1.54, 1.807) is 6.92 Å². The monoisotopic (exact) mass is 358 g/mol. The Morgan fingerprint density at radius 1 is 1.27 bits per heavy atom. The predicted molar refractivity (Wildman–Crippen MR) is 79.7 cm³/mol. The molecule has 4 nitrogen and oxygen atoms in total. The van der Waals surface area contributed by atoms with Gasteiger partial charge in [0.25, 0.3) is 0 Å². The van der Waals surface area contributed by atoms with Gasteiger partial charge in [-0.25, -0.2) is 8.42 Å². The fraction of sp³-hybridized carbons (Fsp3) is 0.538. The van der Waals surface area contributed by atoms with Gasteiger partial charge in [0.1, 0.15) is 0 Å². The number of piperazine rings is 1. The lowest BCUT2D eigenvalue weighted by molar-refractivity contribution is -0.127. The van der Waals surface area contributed by atoms with E-state index in [-0.39, 0.29) is 28.9 Å². The number of nitrogens with one attached hydrogen (secondary N) is 1.